The van der Waals surface area contributed by atoms with Gasteiger partial charge >= 0.3 is 0 Å². The Morgan fingerprint density at radius 3 is 2.85 bits per heavy atom. The zero-order valence-corrected chi connectivity index (χ0v) is 8.23. The smallest absolute Gasteiger partial charge is 0.255 e. The van der Waals surface area contributed by atoms with Crippen molar-refractivity contribution in [1.29, 1.82) is 0 Å². The fourth-order valence-electron chi connectivity index (χ4n) is 0.840. The Bertz CT molecular complexity index is 232. The van der Waals surface area contributed by atoms with Gasteiger partial charge in [-0.3, -0.25) is 0 Å². The van der Waals surface area contributed by atoms with Crippen molar-refractivity contribution in [2.75, 3.05) is 23.9 Å². The highest BCUT2D eigenvalue weighted by atomic mass is 35.5. The van der Waals surface area contributed by atoms with Gasteiger partial charge < -0.3 is 4.90 Å². The van der Waals surface area contributed by atoms with Gasteiger partial charge in [-0.1, -0.05) is 0 Å². The van der Waals surface area contributed by atoms with Crippen LogP contribution in [0.15, 0.2) is 6.33 Å². The van der Waals surface area contributed by atoms with Crippen molar-refractivity contribution in [2.24, 2.45) is 0 Å². The first kappa shape index (κ1) is 10.6. The van der Waals surface area contributed by atoms with Crippen molar-refractivity contribution in [1.82, 2.24) is 9.36 Å². The van der Waals surface area contributed by atoms with Crippen molar-refractivity contribution in [3.63, 3.8) is 0 Å². The highest BCUT2D eigenvalue weighted by Gasteiger charge is 2.14. The summed E-state index contributed by atoms with van der Waals surface area (Å²) in [5, 5.41) is 0.487. The SMILES string of the molecule is FC(F)CN(CCCl)c1ncns1. The Hall–Kier alpha value is -0.490. The van der Waals surface area contributed by atoms with E-state index in [1.807, 2.05) is 0 Å². The molecule has 0 fully saturated rings. The van der Waals surface area contributed by atoms with E-state index in [-0.39, 0.29) is 6.54 Å². The fraction of sp³-hybridized carbons (Fsp3) is 0.667. The molecule has 0 unspecified atom stereocenters. The molecule has 1 aromatic rings. The minimum Gasteiger partial charge on any atom is -0.340 e. The van der Waals surface area contributed by atoms with E-state index in [0.717, 1.165) is 11.5 Å². The zero-order chi connectivity index (χ0) is 9.68. The molecular weight excluding hydrogens is 220 g/mol. The van der Waals surface area contributed by atoms with Gasteiger partial charge in [0.25, 0.3) is 6.43 Å². The topological polar surface area (TPSA) is 29.0 Å². The van der Waals surface area contributed by atoms with Gasteiger partial charge in [-0.2, -0.15) is 4.37 Å². The first-order valence-corrected chi connectivity index (χ1v) is 4.90. The number of nitrogens with zero attached hydrogens (tertiary/aromatic N) is 3. The highest BCUT2D eigenvalue weighted by Crippen LogP contribution is 2.15. The zero-order valence-electron chi connectivity index (χ0n) is 6.66. The van der Waals surface area contributed by atoms with E-state index in [1.165, 1.54) is 11.2 Å². The Morgan fingerprint density at radius 2 is 2.38 bits per heavy atom. The van der Waals surface area contributed by atoms with Crippen molar-refractivity contribution in [3.05, 3.63) is 6.33 Å². The van der Waals surface area contributed by atoms with Crippen LogP contribution in [-0.4, -0.2) is 34.8 Å². The third kappa shape index (κ3) is 3.40. The normalized spacial score (nSPS) is 10.8. The molecule has 0 aliphatic heterocycles. The van der Waals surface area contributed by atoms with Crippen LogP contribution in [0, 0.1) is 0 Å². The van der Waals surface area contributed by atoms with E-state index >= 15 is 0 Å². The van der Waals surface area contributed by atoms with Gasteiger partial charge in [0.2, 0.25) is 5.13 Å². The lowest BCUT2D eigenvalue weighted by molar-refractivity contribution is 0.155. The minimum atomic E-state index is -2.38. The van der Waals surface area contributed by atoms with Crippen molar-refractivity contribution in [2.45, 2.75) is 6.43 Å². The second-order valence-corrected chi connectivity index (χ2v) is 3.39. The number of alkyl halides is 3. The lowest BCUT2D eigenvalue weighted by Gasteiger charge is -2.18. The molecule has 0 N–H and O–H groups in total. The largest absolute Gasteiger partial charge is 0.340 e. The molecule has 0 atom stereocenters. The molecule has 0 bridgehead atoms. The molecule has 0 saturated carbocycles. The molecule has 0 spiro atoms. The number of hydrogen-bond donors (Lipinski definition) is 0. The molecule has 1 heterocycles. The summed E-state index contributed by atoms with van der Waals surface area (Å²) in [6.45, 7) is 0.0169. The molecule has 7 heteroatoms. The number of rotatable bonds is 5. The van der Waals surface area contributed by atoms with Crippen LogP contribution in [0.25, 0.3) is 0 Å². The van der Waals surface area contributed by atoms with Gasteiger partial charge in [-0.25, -0.2) is 13.8 Å². The van der Waals surface area contributed by atoms with Gasteiger partial charge in [-0.15, -0.1) is 11.6 Å². The van der Waals surface area contributed by atoms with Crippen LogP contribution in [0.4, 0.5) is 13.9 Å². The maximum atomic E-state index is 12.1. The average Bonchev–Trinajstić information content (AvgIpc) is 2.54. The predicted octanol–water partition coefficient (Wildman–Crippen LogP) is 1.85. The van der Waals surface area contributed by atoms with Gasteiger partial charge in [0.15, 0.2) is 0 Å². The summed E-state index contributed by atoms with van der Waals surface area (Å²) in [5.41, 5.74) is 0. The average molecular weight is 228 g/mol. The number of hydrogen-bond acceptors (Lipinski definition) is 4. The predicted molar refractivity (Wildman–Crippen MR) is 48.8 cm³/mol. The van der Waals surface area contributed by atoms with Gasteiger partial charge in [0, 0.05) is 24.0 Å². The molecule has 0 aromatic carbocycles. The lowest BCUT2D eigenvalue weighted by Crippen LogP contribution is -2.30. The van der Waals surface area contributed by atoms with E-state index in [9.17, 15) is 8.78 Å². The van der Waals surface area contributed by atoms with Crippen LogP contribution in [0.2, 0.25) is 0 Å². The van der Waals surface area contributed by atoms with Crippen LogP contribution >= 0.6 is 23.1 Å². The van der Waals surface area contributed by atoms with Crippen LogP contribution in [0.3, 0.4) is 0 Å². The van der Waals surface area contributed by atoms with E-state index in [4.69, 9.17) is 11.6 Å². The molecule has 74 valence electrons. The number of aromatic nitrogens is 2. The van der Waals surface area contributed by atoms with Gasteiger partial charge in [-0.05, 0) is 0 Å². The van der Waals surface area contributed by atoms with Crippen molar-refractivity contribution in [3.8, 4) is 0 Å². The molecule has 0 aliphatic carbocycles. The Labute approximate surface area is 83.5 Å². The van der Waals surface area contributed by atoms with E-state index < -0.39 is 6.43 Å². The second-order valence-electron chi connectivity index (χ2n) is 2.25. The summed E-state index contributed by atoms with van der Waals surface area (Å²) < 4.78 is 27.9. The molecule has 13 heavy (non-hydrogen) atoms. The molecule has 0 radical (unpaired) electrons. The molecule has 0 saturated heterocycles. The quantitative estimate of drug-likeness (QED) is 0.719. The Balaban J connectivity index is 2.57. The van der Waals surface area contributed by atoms with Crippen LogP contribution < -0.4 is 4.90 Å². The van der Waals surface area contributed by atoms with E-state index in [1.54, 1.807) is 0 Å². The van der Waals surface area contributed by atoms with Crippen LogP contribution in [-0.2, 0) is 0 Å². The highest BCUT2D eigenvalue weighted by molar-refractivity contribution is 7.09. The monoisotopic (exact) mass is 227 g/mol. The fourth-order valence-corrected chi connectivity index (χ4v) is 1.61. The molecular formula is C6H8ClF2N3S. The molecule has 1 rings (SSSR count). The first-order chi connectivity index (χ1) is 6.24. The maximum absolute atomic E-state index is 12.1. The van der Waals surface area contributed by atoms with Crippen molar-refractivity contribution < 1.29 is 8.78 Å². The molecule has 1 aromatic heterocycles. The summed E-state index contributed by atoms with van der Waals surface area (Å²) in [7, 11) is 0. The number of halogens is 3. The van der Waals surface area contributed by atoms with Gasteiger partial charge in [0.05, 0.1) is 6.54 Å². The second kappa shape index (κ2) is 5.29. The molecule has 0 aliphatic rings. The van der Waals surface area contributed by atoms with Crippen LogP contribution in [0.1, 0.15) is 0 Å². The maximum Gasteiger partial charge on any atom is 0.255 e. The Kier molecular flexibility index (Phi) is 4.31. The summed E-state index contributed by atoms with van der Waals surface area (Å²) in [4.78, 5) is 5.26. The summed E-state index contributed by atoms with van der Waals surface area (Å²) in [6.07, 6.45) is -1.04. The minimum absolute atomic E-state index is 0.298. The van der Waals surface area contributed by atoms with Crippen LogP contribution in [0.5, 0.6) is 0 Å². The van der Waals surface area contributed by atoms with Gasteiger partial charge in [0.1, 0.15) is 6.33 Å². The molecule has 0 amide bonds. The summed E-state index contributed by atoms with van der Waals surface area (Å²) in [5.74, 6) is 0.298. The summed E-state index contributed by atoms with van der Waals surface area (Å²) in [6, 6.07) is 0. The summed E-state index contributed by atoms with van der Waals surface area (Å²) >= 11 is 6.55. The number of anilines is 1. The molecule has 3 nitrogen and oxygen atoms in total. The lowest BCUT2D eigenvalue weighted by atomic mass is 10.5. The third-order valence-corrected chi connectivity index (χ3v) is 2.23. The van der Waals surface area contributed by atoms with E-state index in [2.05, 4.69) is 9.36 Å². The van der Waals surface area contributed by atoms with Crippen molar-refractivity contribution >= 4 is 28.3 Å². The van der Waals surface area contributed by atoms with E-state index in [0.29, 0.717) is 17.6 Å². The third-order valence-electron chi connectivity index (χ3n) is 1.33. The Morgan fingerprint density at radius 1 is 1.62 bits per heavy atom. The standard InChI is InChI=1S/C6H8ClF2N3S/c7-1-2-12(3-5(8)9)6-10-4-11-13-6/h4-5H,1-3H2. The first-order valence-electron chi connectivity index (χ1n) is 3.59.